The highest BCUT2D eigenvalue weighted by molar-refractivity contribution is 7.90. The molecule has 0 saturated carbocycles. The molecule has 3 fully saturated rings. The van der Waals surface area contributed by atoms with E-state index < -0.39 is 9.84 Å². The molecule has 36 heavy (non-hydrogen) atoms. The van der Waals surface area contributed by atoms with Crippen molar-refractivity contribution in [2.24, 2.45) is 5.92 Å². The summed E-state index contributed by atoms with van der Waals surface area (Å²) in [5, 5.41) is 4.87. The minimum absolute atomic E-state index is 0.105. The SMILES string of the molecule is O=C(c1nn(C2CCN(CCC3CCOCC3)C2)c2c1CS(=O)(=O)c1ccccc1-2)N1CCOCC1. The molecule has 1 aromatic carbocycles. The highest BCUT2D eigenvalue weighted by Crippen LogP contribution is 2.42. The van der Waals surface area contributed by atoms with Gasteiger partial charge in [0.2, 0.25) is 0 Å². The van der Waals surface area contributed by atoms with E-state index in [0.717, 1.165) is 63.7 Å². The summed E-state index contributed by atoms with van der Waals surface area (Å²) in [5.74, 6) is 0.340. The molecule has 3 saturated heterocycles. The third-order valence-electron chi connectivity index (χ3n) is 8.11. The first-order valence-electron chi connectivity index (χ1n) is 13.1. The molecule has 1 unspecified atom stereocenters. The van der Waals surface area contributed by atoms with E-state index in [1.54, 1.807) is 17.0 Å². The third-order valence-corrected chi connectivity index (χ3v) is 9.80. The standard InChI is InChI=1S/C26H34N4O5S/c31-26(29-11-15-35-16-12-29)24-22-18-36(32,33)23-4-2-1-3-21(23)25(22)30(27-24)20-6-10-28(17-20)9-5-19-7-13-34-14-8-19/h1-4,19-20H,5-18H2. The number of nitrogens with zero attached hydrogens (tertiary/aromatic N) is 4. The third kappa shape index (κ3) is 4.49. The van der Waals surface area contributed by atoms with Crippen LogP contribution in [0, 0.1) is 5.92 Å². The van der Waals surface area contributed by atoms with Gasteiger partial charge in [-0.2, -0.15) is 5.10 Å². The Kier molecular flexibility index (Phi) is 6.62. The maximum absolute atomic E-state index is 13.5. The number of hydrogen-bond acceptors (Lipinski definition) is 7. The minimum atomic E-state index is -3.55. The Balaban J connectivity index is 1.32. The second-order valence-corrected chi connectivity index (χ2v) is 12.3. The molecule has 0 spiro atoms. The monoisotopic (exact) mass is 514 g/mol. The van der Waals surface area contributed by atoms with Crippen LogP contribution < -0.4 is 0 Å². The first-order chi connectivity index (χ1) is 17.5. The van der Waals surface area contributed by atoms with E-state index in [1.807, 2.05) is 16.8 Å². The van der Waals surface area contributed by atoms with Crippen molar-refractivity contribution in [3.63, 3.8) is 0 Å². The van der Waals surface area contributed by atoms with Gasteiger partial charge in [0.15, 0.2) is 15.5 Å². The maximum atomic E-state index is 13.5. The smallest absolute Gasteiger partial charge is 0.274 e. The molecule has 4 aliphatic rings. The van der Waals surface area contributed by atoms with Crippen LogP contribution in [0.4, 0.5) is 0 Å². The topological polar surface area (TPSA) is 94.0 Å². The number of aromatic nitrogens is 2. The average molecular weight is 515 g/mol. The van der Waals surface area contributed by atoms with Crippen LogP contribution in [0.5, 0.6) is 0 Å². The molecule has 4 aliphatic heterocycles. The molecule has 10 heteroatoms. The van der Waals surface area contributed by atoms with E-state index in [-0.39, 0.29) is 23.4 Å². The number of rotatable bonds is 5. The summed E-state index contributed by atoms with van der Waals surface area (Å²) in [6.45, 7) is 6.59. The number of likely N-dealkylation sites (tertiary alicyclic amines) is 1. The Bertz CT molecular complexity index is 1230. The number of fused-ring (bicyclic) bond motifs is 3. The first kappa shape index (κ1) is 24.1. The first-order valence-corrected chi connectivity index (χ1v) is 14.8. The van der Waals surface area contributed by atoms with Crippen molar-refractivity contribution in [1.29, 1.82) is 0 Å². The Hall–Kier alpha value is -2.27. The predicted octanol–water partition coefficient (Wildman–Crippen LogP) is 2.37. The maximum Gasteiger partial charge on any atom is 0.274 e. The molecule has 1 amide bonds. The van der Waals surface area contributed by atoms with E-state index in [4.69, 9.17) is 14.6 Å². The number of carbonyl (C=O) groups excluding carboxylic acids is 1. The number of morpholine rings is 1. The molecule has 2 aromatic rings. The number of carbonyl (C=O) groups is 1. The van der Waals surface area contributed by atoms with E-state index in [0.29, 0.717) is 42.3 Å². The molecule has 194 valence electrons. The highest BCUT2D eigenvalue weighted by Gasteiger charge is 2.39. The van der Waals surface area contributed by atoms with Gasteiger partial charge in [-0.1, -0.05) is 18.2 Å². The van der Waals surface area contributed by atoms with Crippen molar-refractivity contribution in [3.8, 4) is 11.3 Å². The average Bonchev–Trinajstić information content (AvgIpc) is 3.53. The van der Waals surface area contributed by atoms with Crippen LogP contribution in [0.3, 0.4) is 0 Å². The summed E-state index contributed by atoms with van der Waals surface area (Å²) >= 11 is 0. The Labute approximate surface area is 212 Å². The van der Waals surface area contributed by atoms with Crippen LogP contribution in [0.1, 0.15) is 47.8 Å². The molecule has 1 atom stereocenters. The summed E-state index contributed by atoms with van der Waals surface area (Å²) in [5.41, 5.74) is 2.29. The molecule has 5 heterocycles. The minimum Gasteiger partial charge on any atom is -0.381 e. The Morgan fingerprint density at radius 1 is 1.00 bits per heavy atom. The second-order valence-electron chi connectivity index (χ2n) is 10.4. The fourth-order valence-electron chi connectivity index (χ4n) is 6.06. The predicted molar refractivity (Wildman–Crippen MR) is 134 cm³/mol. The van der Waals surface area contributed by atoms with Gasteiger partial charge in [0.1, 0.15) is 0 Å². The van der Waals surface area contributed by atoms with Crippen LogP contribution in [0.2, 0.25) is 0 Å². The Morgan fingerprint density at radius 2 is 1.75 bits per heavy atom. The van der Waals surface area contributed by atoms with Crippen molar-refractivity contribution in [2.45, 2.75) is 42.4 Å². The van der Waals surface area contributed by atoms with Crippen molar-refractivity contribution in [2.75, 3.05) is 59.2 Å². The number of sulfone groups is 1. The van der Waals surface area contributed by atoms with Gasteiger partial charge in [-0.3, -0.25) is 9.48 Å². The highest BCUT2D eigenvalue weighted by atomic mass is 32.2. The summed E-state index contributed by atoms with van der Waals surface area (Å²) in [7, 11) is -3.55. The summed E-state index contributed by atoms with van der Waals surface area (Å²) in [4.78, 5) is 18.1. The lowest BCUT2D eigenvalue weighted by atomic mass is 9.96. The molecule has 9 nitrogen and oxygen atoms in total. The van der Waals surface area contributed by atoms with E-state index >= 15 is 0 Å². The summed E-state index contributed by atoms with van der Waals surface area (Å²) < 4.78 is 39.3. The van der Waals surface area contributed by atoms with Crippen molar-refractivity contribution < 1.29 is 22.7 Å². The van der Waals surface area contributed by atoms with Gasteiger partial charge in [0, 0.05) is 50.5 Å². The van der Waals surface area contributed by atoms with Crippen molar-refractivity contribution in [3.05, 3.63) is 35.5 Å². The zero-order chi connectivity index (χ0) is 24.7. The molecule has 0 radical (unpaired) electrons. The zero-order valence-corrected chi connectivity index (χ0v) is 21.4. The van der Waals surface area contributed by atoms with Gasteiger partial charge in [0.25, 0.3) is 5.91 Å². The van der Waals surface area contributed by atoms with Crippen LogP contribution in [-0.2, 0) is 25.1 Å². The van der Waals surface area contributed by atoms with Gasteiger partial charge >= 0.3 is 0 Å². The van der Waals surface area contributed by atoms with Crippen LogP contribution >= 0.6 is 0 Å². The lowest BCUT2D eigenvalue weighted by Gasteiger charge is -2.26. The summed E-state index contributed by atoms with van der Waals surface area (Å²) in [6.07, 6.45) is 4.39. The summed E-state index contributed by atoms with van der Waals surface area (Å²) in [6, 6.07) is 7.25. The lowest BCUT2D eigenvalue weighted by Crippen LogP contribution is -2.41. The largest absolute Gasteiger partial charge is 0.381 e. The molecular formula is C26H34N4O5S. The van der Waals surface area contributed by atoms with Gasteiger partial charge in [0.05, 0.1) is 35.6 Å². The van der Waals surface area contributed by atoms with Gasteiger partial charge in [-0.25, -0.2) is 8.42 Å². The molecule has 0 bridgehead atoms. The van der Waals surface area contributed by atoms with Gasteiger partial charge in [-0.15, -0.1) is 0 Å². The molecule has 0 N–H and O–H groups in total. The molecule has 6 rings (SSSR count). The van der Waals surface area contributed by atoms with Gasteiger partial charge in [-0.05, 0) is 44.2 Å². The van der Waals surface area contributed by atoms with Crippen LogP contribution in [-0.4, -0.2) is 93.1 Å². The molecular weight excluding hydrogens is 480 g/mol. The van der Waals surface area contributed by atoms with Crippen LogP contribution in [0.15, 0.2) is 29.2 Å². The van der Waals surface area contributed by atoms with E-state index in [2.05, 4.69) is 4.90 Å². The Morgan fingerprint density at radius 3 is 2.56 bits per heavy atom. The van der Waals surface area contributed by atoms with E-state index in [1.165, 1.54) is 6.42 Å². The molecule has 0 aliphatic carbocycles. The second kappa shape index (κ2) is 9.89. The van der Waals surface area contributed by atoms with Gasteiger partial charge < -0.3 is 19.3 Å². The van der Waals surface area contributed by atoms with Crippen LogP contribution in [0.25, 0.3) is 11.3 Å². The normalized spacial score (nSPS) is 24.4. The fourth-order valence-corrected chi connectivity index (χ4v) is 7.65. The molecule has 1 aromatic heterocycles. The quantitative estimate of drug-likeness (QED) is 0.605. The van der Waals surface area contributed by atoms with E-state index in [9.17, 15) is 13.2 Å². The van der Waals surface area contributed by atoms with Crippen molar-refractivity contribution in [1.82, 2.24) is 19.6 Å². The van der Waals surface area contributed by atoms with Crippen molar-refractivity contribution >= 4 is 15.7 Å². The lowest BCUT2D eigenvalue weighted by molar-refractivity contribution is 0.0297. The number of hydrogen-bond donors (Lipinski definition) is 0. The fraction of sp³-hybridized carbons (Fsp3) is 0.615. The zero-order valence-electron chi connectivity index (χ0n) is 20.6. The number of amides is 1. The number of benzene rings is 1. The number of ether oxygens (including phenoxy) is 2.